The van der Waals surface area contributed by atoms with Gasteiger partial charge in [-0.15, -0.1) is 0 Å². The normalized spacial score (nSPS) is 16.1. The molecule has 22 heavy (non-hydrogen) atoms. The first-order valence-corrected chi connectivity index (χ1v) is 8.12. The maximum atomic E-state index is 12.5. The summed E-state index contributed by atoms with van der Waals surface area (Å²) in [6.07, 6.45) is 7.49. The predicted molar refractivity (Wildman–Crippen MR) is 86.3 cm³/mol. The minimum absolute atomic E-state index is 0.0428. The van der Waals surface area contributed by atoms with E-state index in [1.807, 2.05) is 26.0 Å². The van der Waals surface area contributed by atoms with Crippen LogP contribution in [0.4, 0.5) is 0 Å². The Morgan fingerprint density at radius 2 is 2.05 bits per heavy atom. The molecule has 0 saturated heterocycles. The second kappa shape index (κ2) is 6.42. The van der Waals surface area contributed by atoms with Crippen molar-refractivity contribution in [1.29, 1.82) is 0 Å². The van der Waals surface area contributed by atoms with Crippen molar-refractivity contribution >= 4 is 16.9 Å². The van der Waals surface area contributed by atoms with E-state index in [4.69, 9.17) is 9.15 Å². The Balaban J connectivity index is 1.84. The van der Waals surface area contributed by atoms with Crippen molar-refractivity contribution in [3.05, 3.63) is 30.0 Å². The number of rotatable bonds is 4. The van der Waals surface area contributed by atoms with Gasteiger partial charge in [-0.25, -0.2) is 0 Å². The number of carbonyl (C=O) groups excluding carboxylic acids is 1. The highest BCUT2D eigenvalue weighted by Crippen LogP contribution is 2.29. The van der Waals surface area contributed by atoms with Gasteiger partial charge in [0.05, 0.1) is 17.8 Å². The quantitative estimate of drug-likeness (QED) is 0.917. The number of fused-ring (bicyclic) bond motifs is 1. The molecule has 1 fully saturated rings. The van der Waals surface area contributed by atoms with Crippen molar-refractivity contribution in [2.75, 3.05) is 0 Å². The molecule has 1 heterocycles. The lowest BCUT2D eigenvalue weighted by Gasteiger charge is -2.23. The van der Waals surface area contributed by atoms with E-state index in [-0.39, 0.29) is 12.0 Å². The molecule has 0 atom stereocenters. The fourth-order valence-electron chi connectivity index (χ4n) is 3.04. The van der Waals surface area contributed by atoms with Gasteiger partial charge in [-0.05, 0) is 44.9 Å². The number of benzene rings is 1. The van der Waals surface area contributed by atoms with Crippen LogP contribution in [0.5, 0.6) is 5.75 Å². The van der Waals surface area contributed by atoms with Crippen molar-refractivity contribution in [1.82, 2.24) is 5.32 Å². The van der Waals surface area contributed by atoms with Crippen LogP contribution < -0.4 is 10.1 Å². The van der Waals surface area contributed by atoms with Gasteiger partial charge in [0.2, 0.25) is 0 Å². The highest BCUT2D eigenvalue weighted by atomic mass is 16.5. The largest absolute Gasteiger partial charge is 0.490 e. The van der Waals surface area contributed by atoms with Gasteiger partial charge >= 0.3 is 0 Å². The number of hydrogen-bond donors (Lipinski definition) is 1. The molecule has 4 nitrogen and oxygen atoms in total. The topological polar surface area (TPSA) is 51.5 Å². The van der Waals surface area contributed by atoms with Crippen molar-refractivity contribution < 1.29 is 13.9 Å². The average Bonchev–Trinajstić information content (AvgIpc) is 2.96. The predicted octanol–water partition coefficient (Wildman–Crippen LogP) is 4.28. The summed E-state index contributed by atoms with van der Waals surface area (Å²) in [5.41, 5.74) is 1.29. The first-order valence-electron chi connectivity index (χ1n) is 8.12. The summed E-state index contributed by atoms with van der Waals surface area (Å²) in [4.78, 5) is 12.5. The Morgan fingerprint density at radius 1 is 1.27 bits per heavy atom. The van der Waals surface area contributed by atoms with Gasteiger partial charge in [0.15, 0.2) is 0 Å². The Labute approximate surface area is 130 Å². The average molecular weight is 301 g/mol. The van der Waals surface area contributed by atoms with Crippen LogP contribution in [0, 0.1) is 0 Å². The lowest BCUT2D eigenvalue weighted by molar-refractivity contribution is 0.0927. The summed E-state index contributed by atoms with van der Waals surface area (Å²) in [5, 5.41) is 4.04. The van der Waals surface area contributed by atoms with Crippen LogP contribution in [0.25, 0.3) is 11.0 Å². The van der Waals surface area contributed by atoms with Gasteiger partial charge < -0.3 is 14.5 Å². The lowest BCUT2D eigenvalue weighted by atomic mass is 9.95. The maximum Gasteiger partial charge on any atom is 0.251 e. The maximum absolute atomic E-state index is 12.5. The van der Waals surface area contributed by atoms with Gasteiger partial charge in [-0.1, -0.05) is 19.3 Å². The number of furan rings is 1. The Kier molecular flexibility index (Phi) is 4.36. The molecule has 2 aromatic rings. The highest BCUT2D eigenvalue weighted by molar-refractivity contribution is 5.99. The molecule has 1 aromatic heterocycles. The number of amides is 1. The zero-order valence-electron chi connectivity index (χ0n) is 13.2. The summed E-state index contributed by atoms with van der Waals surface area (Å²) in [7, 11) is 0. The van der Waals surface area contributed by atoms with Gasteiger partial charge in [-0.2, -0.15) is 0 Å². The van der Waals surface area contributed by atoms with E-state index in [0.717, 1.165) is 18.2 Å². The van der Waals surface area contributed by atoms with E-state index in [1.54, 1.807) is 12.3 Å². The summed E-state index contributed by atoms with van der Waals surface area (Å²) >= 11 is 0. The van der Waals surface area contributed by atoms with E-state index in [2.05, 4.69) is 5.32 Å². The zero-order valence-corrected chi connectivity index (χ0v) is 13.2. The highest BCUT2D eigenvalue weighted by Gasteiger charge is 2.19. The summed E-state index contributed by atoms with van der Waals surface area (Å²) in [6, 6.07) is 5.77. The molecule has 1 saturated carbocycles. The van der Waals surface area contributed by atoms with Crippen molar-refractivity contribution in [2.24, 2.45) is 0 Å². The Hall–Kier alpha value is -1.97. The molecule has 1 aliphatic carbocycles. The van der Waals surface area contributed by atoms with Crippen molar-refractivity contribution in [3.63, 3.8) is 0 Å². The molecular formula is C18H23NO3. The molecule has 0 bridgehead atoms. The van der Waals surface area contributed by atoms with E-state index in [1.165, 1.54) is 19.3 Å². The Bertz CT molecular complexity index is 653. The molecule has 0 unspecified atom stereocenters. The van der Waals surface area contributed by atoms with Crippen LogP contribution in [0.1, 0.15) is 56.3 Å². The third kappa shape index (κ3) is 3.26. The second-order valence-corrected chi connectivity index (χ2v) is 6.28. The van der Waals surface area contributed by atoms with Crippen LogP contribution in [0.3, 0.4) is 0 Å². The smallest absolute Gasteiger partial charge is 0.251 e. The molecule has 3 rings (SSSR count). The van der Waals surface area contributed by atoms with Gasteiger partial charge in [0, 0.05) is 11.6 Å². The standard InChI is InChI=1S/C18H23NO3/c1-12(2)22-17-11-13(10-16-15(17)8-9-21-16)18(20)19-14-6-4-3-5-7-14/h8-12,14H,3-7H2,1-2H3,(H,19,20). The summed E-state index contributed by atoms with van der Waals surface area (Å²) in [6.45, 7) is 3.95. The van der Waals surface area contributed by atoms with E-state index < -0.39 is 0 Å². The minimum Gasteiger partial charge on any atom is -0.490 e. The number of carbonyl (C=O) groups is 1. The molecule has 4 heteroatoms. The molecule has 1 amide bonds. The van der Waals surface area contributed by atoms with Crippen molar-refractivity contribution in [3.8, 4) is 5.75 Å². The fraction of sp³-hybridized carbons (Fsp3) is 0.500. The monoisotopic (exact) mass is 301 g/mol. The van der Waals surface area contributed by atoms with Crippen LogP contribution >= 0.6 is 0 Å². The molecule has 1 aliphatic rings. The molecule has 0 radical (unpaired) electrons. The molecule has 1 aromatic carbocycles. The molecule has 1 N–H and O–H groups in total. The summed E-state index contributed by atoms with van der Waals surface area (Å²) < 4.78 is 11.3. The summed E-state index contributed by atoms with van der Waals surface area (Å²) in [5.74, 6) is 0.661. The van der Waals surface area contributed by atoms with Crippen LogP contribution in [-0.2, 0) is 0 Å². The third-order valence-corrected chi connectivity index (χ3v) is 4.10. The number of ether oxygens (including phenoxy) is 1. The van der Waals surface area contributed by atoms with E-state index >= 15 is 0 Å². The Morgan fingerprint density at radius 3 is 2.77 bits per heavy atom. The van der Waals surface area contributed by atoms with E-state index in [9.17, 15) is 4.79 Å². The molecule has 118 valence electrons. The zero-order chi connectivity index (χ0) is 15.5. The van der Waals surface area contributed by atoms with Crippen LogP contribution in [0.15, 0.2) is 28.9 Å². The number of hydrogen-bond acceptors (Lipinski definition) is 3. The minimum atomic E-state index is -0.0428. The lowest BCUT2D eigenvalue weighted by Crippen LogP contribution is -2.36. The molecule has 0 aliphatic heterocycles. The SMILES string of the molecule is CC(C)Oc1cc(C(=O)NC2CCCCC2)cc2occc12. The molecular weight excluding hydrogens is 278 g/mol. The van der Waals surface area contributed by atoms with Crippen LogP contribution in [0.2, 0.25) is 0 Å². The van der Waals surface area contributed by atoms with Gasteiger partial charge in [0.25, 0.3) is 5.91 Å². The van der Waals surface area contributed by atoms with Crippen LogP contribution in [-0.4, -0.2) is 18.1 Å². The first kappa shape index (κ1) is 14.9. The number of nitrogens with one attached hydrogen (secondary N) is 1. The van der Waals surface area contributed by atoms with Gasteiger partial charge in [-0.3, -0.25) is 4.79 Å². The van der Waals surface area contributed by atoms with E-state index in [0.29, 0.717) is 22.9 Å². The third-order valence-electron chi connectivity index (χ3n) is 4.10. The molecule has 0 spiro atoms. The van der Waals surface area contributed by atoms with Gasteiger partial charge in [0.1, 0.15) is 11.3 Å². The van der Waals surface area contributed by atoms with Crippen molar-refractivity contribution in [2.45, 2.75) is 58.1 Å². The fourth-order valence-corrected chi connectivity index (χ4v) is 3.04. The first-order chi connectivity index (χ1) is 10.6. The second-order valence-electron chi connectivity index (χ2n) is 6.28.